The molecular weight excluding hydrogens is 1430 g/mol. The molecule has 5 aromatic rings. The van der Waals surface area contributed by atoms with Crippen LogP contribution in [-0.2, 0) is 88.0 Å². The number of guanidine groups is 1. The predicted molar refractivity (Wildman–Crippen MR) is 399 cm³/mol. The summed E-state index contributed by atoms with van der Waals surface area (Å²) in [5.74, 6) is -14.1. The van der Waals surface area contributed by atoms with E-state index in [9.17, 15) is 83.1 Å². The summed E-state index contributed by atoms with van der Waals surface area (Å²) in [4.78, 5) is 193. The van der Waals surface area contributed by atoms with Crippen LogP contribution in [0.4, 0.5) is 0 Å². The number of aromatic hydroxyl groups is 2. The van der Waals surface area contributed by atoms with Crippen molar-refractivity contribution in [2.45, 2.75) is 203 Å². The van der Waals surface area contributed by atoms with Gasteiger partial charge in [-0.05, 0) is 132 Å². The van der Waals surface area contributed by atoms with Gasteiger partial charge >= 0.3 is 11.9 Å². The fourth-order valence-electron chi connectivity index (χ4n) is 12.2. The average molecular weight is 1530 g/mol. The van der Waals surface area contributed by atoms with Crippen LogP contribution in [-0.4, -0.2) is 227 Å². The maximum atomic E-state index is 15.0. The standard InChI is InChI=1S/C73H103N19O18/c1-38(2)30-53(64(101)83-40(4)72(109)110)87-66(103)56(33-44-35-80-50-14-7-6-12-48(44)50)89-62(99)51(15-10-28-79-73(76)77)84-65(102)54(31-42-17-21-46(94)22-18-42)88-63(100)52(25-26-59(96)97)85-67(104)57(34-45-36-78-37-81-45)90-70(107)60(41(5)93)91-68(105)55(32-43-19-23-47(95)24-20-43)86-61(98)39(3)82-69(106)58-16-11-29-92(58)71(108)49(75)13-8-9-27-74/h6-7,12,14,17-24,35-41,49,51-58,60,80,93-95H,8-11,13,15-16,25-34,74-75H2,1-5H3,(H,78,81)(H,82,106)(H,83,101)(H,84,102)(H,85,104)(H,86,98)(H,87,103)(H,88,100)(H,89,99)(H,90,107)(H,91,105)(H,96,97)(H,109,110)(H4,76,77,79)/t39-,40-,41+,49-,51-,52-,53-,54-,55-,56-,57-,58-,60-/m0/s1. The molecule has 598 valence electrons. The van der Waals surface area contributed by atoms with E-state index in [-0.39, 0.29) is 74.7 Å². The lowest BCUT2D eigenvalue weighted by Crippen LogP contribution is -2.62. The number of nitrogens with zero attached hydrogens (tertiary/aromatic N) is 2. The summed E-state index contributed by atoms with van der Waals surface area (Å²) in [7, 11) is 0. The van der Waals surface area contributed by atoms with Crippen LogP contribution in [0.15, 0.2) is 91.5 Å². The summed E-state index contributed by atoms with van der Waals surface area (Å²) >= 11 is 0. The minimum Gasteiger partial charge on any atom is -0.508 e. The number of rotatable bonds is 44. The summed E-state index contributed by atoms with van der Waals surface area (Å²) in [6.07, 6.45) is 1.75. The van der Waals surface area contributed by atoms with Gasteiger partial charge in [0.05, 0.1) is 18.5 Å². The highest BCUT2D eigenvalue weighted by atomic mass is 16.4. The Labute approximate surface area is 634 Å². The normalized spacial score (nSPS) is 15.9. The molecule has 37 nitrogen and oxygen atoms in total. The molecule has 2 aromatic heterocycles. The second-order valence-electron chi connectivity index (χ2n) is 27.7. The molecule has 25 N–H and O–H groups in total. The van der Waals surface area contributed by atoms with Gasteiger partial charge < -0.3 is 116 Å². The summed E-state index contributed by atoms with van der Waals surface area (Å²) in [6, 6.07) is 0.194. The number of nitrogens with two attached hydrogens (primary N) is 3. The highest BCUT2D eigenvalue weighted by Crippen LogP contribution is 2.23. The van der Waals surface area contributed by atoms with Gasteiger partial charge in [-0.25, -0.2) is 4.98 Å². The Morgan fingerprint density at radius 1 is 0.582 bits per heavy atom. The number of carboxylic acids is 2. The van der Waals surface area contributed by atoms with Crippen LogP contribution in [0.2, 0.25) is 0 Å². The third kappa shape index (κ3) is 27.5. The first kappa shape index (κ1) is 87.2. The third-order valence-electron chi connectivity index (χ3n) is 18.3. The summed E-state index contributed by atoms with van der Waals surface area (Å²) in [5.41, 5.74) is 19.5. The Balaban J connectivity index is 1.26. The molecular formula is C73H103N19O18. The third-order valence-corrected chi connectivity index (χ3v) is 18.3. The number of benzene rings is 3. The first-order valence-corrected chi connectivity index (χ1v) is 36.3. The van der Waals surface area contributed by atoms with Crippen LogP contribution in [0.1, 0.15) is 121 Å². The molecule has 0 unspecified atom stereocenters. The summed E-state index contributed by atoms with van der Waals surface area (Å²) in [6.45, 7) is 7.88. The van der Waals surface area contributed by atoms with Crippen molar-refractivity contribution < 1.29 is 87.9 Å². The number of nitrogens with one attached hydrogen (secondary N) is 14. The zero-order valence-electron chi connectivity index (χ0n) is 61.9. The van der Waals surface area contributed by atoms with Gasteiger partial charge in [0.1, 0.15) is 78.0 Å². The smallest absolute Gasteiger partial charge is 0.325 e. The molecule has 1 aliphatic heterocycles. The largest absolute Gasteiger partial charge is 0.508 e. The zero-order valence-corrected chi connectivity index (χ0v) is 61.9. The number of aliphatic hydroxyl groups is 1. The lowest BCUT2D eigenvalue weighted by atomic mass is 10.00. The second kappa shape index (κ2) is 42.7. The Kier molecular flexibility index (Phi) is 33.9. The number of aliphatic carboxylic acids is 2. The lowest BCUT2D eigenvalue weighted by Gasteiger charge is -2.29. The van der Waals surface area contributed by atoms with Gasteiger partial charge in [-0.2, -0.15) is 0 Å². The molecule has 1 aliphatic rings. The number of imidazole rings is 1. The van der Waals surface area contributed by atoms with E-state index in [1.165, 1.54) is 79.8 Å². The van der Waals surface area contributed by atoms with Crippen molar-refractivity contribution >= 4 is 93.8 Å². The Morgan fingerprint density at radius 3 is 1.65 bits per heavy atom. The van der Waals surface area contributed by atoms with Crippen LogP contribution < -0.4 is 75.7 Å². The Bertz CT molecular complexity index is 3990. The van der Waals surface area contributed by atoms with Gasteiger partial charge in [0, 0.05) is 74.2 Å². The van der Waals surface area contributed by atoms with Crippen LogP contribution >= 0.6 is 0 Å². The number of para-hydroxylation sites is 1. The number of unbranched alkanes of at least 4 members (excludes halogenated alkanes) is 1. The van der Waals surface area contributed by atoms with Crippen LogP contribution in [0.25, 0.3) is 10.9 Å². The number of carbonyl (C=O) groups excluding carboxylic acids is 11. The quantitative estimate of drug-likeness (QED) is 0.0109. The average Bonchev–Trinajstić information content (AvgIpc) is 1.70. The number of hydrogen-bond donors (Lipinski definition) is 22. The molecule has 110 heavy (non-hydrogen) atoms. The Hall–Kier alpha value is -11.7. The first-order chi connectivity index (χ1) is 52.2. The minimum absolute atomic E-state index is 0.0184. The minimum atomic E-state index is -1.93. The van der Waals surface area contributed by atoms with Crippen molar-refractivity contribution in [2.24, 2.45) is 23.1 Å². The number of phenolic OH excluding ortho intramolecular Hbond substituents is 2. The molecule has 0 aliphatic carbocycles. The van der Waals surface area contributed by atoms with E-state index >= 15 is 4.79 Å². The van der Waals surface area contributed by atoms with Crippen molar-refractivity contribution in [2.75, 3.05) is 19.6 Å². The number of H-pyrrole nitrogens is 2. The van der Waals surface area contributed by atoms with Gasteiger partial charge in [0.2, 0.25) is 65.0 Å². The Morgan fingerprint density at radius 2 is 1.10 bits per heavy atom. The van der Waals surface area contributed by atoms with E-state index in [1.807, 2.05) is 0 Å². The number of aromatic amines is 2. The number of fused-ring (bicyclic) bond motifs is 1. The second-order valence-corrected chi connectivity index (χ2v) is 27.7. The van der Waals surface area contributed by atoms with E-state index in [0.717, 1.165) is 6.92 Å². The van der Waals surface area contributed by atoms with E-state index in [0.29, 0.717) is 59.8 Å². The van der Waals surface area contributed by atoms with Crippen molar-refractivity contribution in [3.63, 3.8) is 0 Å². The van der Waals surface area contributed by atoms with Crippen LogP contribution in [0, 0.1) is 11.3 Å². The molecule has 0 spiro atoms. The van der Waals surface area contributed by atoms with E-state index < -0.39 is 187 Å². The number of aliphatic hydroxyl groups excluding tert-OH is 1. The molecule has 11 amide bonds. The fourth-order valence-corrected chi connectivity index (χ4v) is 12.2. The lowest BCUT2D eigenvalue weighted by molar-refractivity contribution is -0.142. The maximum Gasteiger partial charge on any atom is 0.325 e. The molecule has 0 radical (unpaired) electrons. The van der Waals surface area contributed by atoms with Crippen LogP contribution in [0.5, 0.6) is 11.5 Å². The zero-order chi connectivity index (χ0) is 80.9. The number of likely N-dealkylation sites (tertiary alicyclic amines) is 1. The monoisotopic (exact) mass is 1530 g/mol. The van der Waals surface area contributed by atoms with Crippen molar-refractivity contribution in [3.05, 3.63) is 114 Å². The molecule has 0 saturated carbocycles. The van der Waals surface area contributed by atoms with Crippen molar-refractivity contribution in [1.82, 2.24) is 78.3 Å². The summed E-state index contributed by atoms with van der Waals surface area (Å²) in [5, 5.41) is 87.6. The molecule has 13 atom stereocenters. The number of carbonyl (C=O) groups is 13. The van der Waals surface area contributed by atoms with E-state index in [1.54, 1.807) is 44.3 Å². The number of amides is 11. The van der Waals surface area contributed by atoms with Gasteiger partial charge in [-0.15, -0.1) is 0 Å². The molecule has 6 rings (SSSR count). The summed E-state index contributed by atoms with van der Waals surface area (Å²) < 4.78 is 0. The number of aromatic nitrogens is 3. The molecule has 1 fully saturated rings. The van der Waals surface area contributed by atoms with Crippen molar-refractivity contribution in [1.29, 1.82) is 5.41 Å². The van der Waals surface area contributed by atoms with E-state index in [2.05, 4.69) is 73.4 Å². The maximum absolute atomic E-state index is 15.0. The topological polar surface area (TPSA) is 605 Å². The number of phenols is 2. The molecule has 1 saturated heterocycles. The van der Waals surface area contributed by atoms with Crippen molar-refractivity contribution in [3.8, 4) is 11.5 Å². The first-order valence-electron chi connectivity index (χ1n) is 36.3. The predicted octanol–water partition coefficient (Wildman–Crippen LogP) is -2.45. The SMILES string of the molecule is CC(C)C[C@H](NC(=O)[C@H](Cc1c[nH]c2ccccc12)NC(=O)[C@H](CCCNC(=N)N)NC(=O)[C@H](Cc1ccc(O)cc1)NC(=O)[C@H](CCC(=O)O)NC(=O)[C@H](Cc1cnc[nH]1)NC(=O)[C@@H](NC(=O)[C@H](Cc1ccc(O)cc1)NC(=O)[C@H](C)NC(=O)[C@@H]1CCCN1C(=O)[C@@H](N)CCCCN)[C@@H](C)O)C(=O)N[C@@H](C)C(=O)O. The van der Waals surface area contributed by atoms with Gasteiger partial charge in [-0.1, -0.05) is 62.7 Å². The highest BCUT2D eigenvalue weighted by molar-refractivity contribution is 6.00. The number of carboxylic acid groups (broad SMARTS) is 2. The molecule has 0 bridgehead atoms. The van der Waals surface area contributed by atoms with Gasteiger partial charge in [-0.3, -0.25) is 67.7 Å². The molecule has 3 aromatic carbocycles. The van der Waals surface area contributed by atoms with Crippen LogP contribution in [0.3, 0.4) is 0 Å². The van der Waals surface area contributed by atoms with Gasteiger partial charge in [0.15, 0.2) is 5.96 Å². The molecule has 37 heteroatoms. The fraction of sp³-hybridized carbons (Fsp3) is 0.493. The highest BCUT2D eigenvalue weighted by Gasteiger charge is 2.40. The number of hydrogen-bond acceptors (Lipinski definition) is 20. The van der Waals surface area contributed by atoms with Gasteiger partial charge in [0.25, 0.3) is 0 Å². The van der Waals surface area contributed by atoms with E-state index in [4.69, 9.17) is 22.6 Å². The molecule has 3 heterocycles.